The highest BCUT2D eigenvalue weighted by Crippen LogP contribution is 2.42. The van der Waals surface area contributed by atoms with E-state index in [2.05, 4.69) is 20.8 Å². The lowest BCUT2D eigenvalue weighted by atomic mass is 9.84. The summed E-state index contributed by atoms with van der Waals surface area (Å²) in [4.78, 5) is 9.61. The highest BCUT2D eigenvalue weighted by molar-refractivity contribution is 5.94. The van der Waals surface area contributed by atoms with Crippen LogP contribution in [-0.4, -0.2) is 10.8 Å². The molecule has 0 radical (unpaired) electrons. The van der Waals surface area contributed by atoms with E-state index in [1.54, 1.807) is 0 Å². The third-order valence-electron chi connectivity index (χ3n) is 2.49. The van der Waals surface area contributed by atoms with Gasteiger partial charge in [-0.05, 0) is 6.07 Å². The minimum absolute atomic E-state index is 0.000579. The van der Waals surface area contributed by atoms with Gasteiger partial charge < -0.3 is 9.53 Å². The molecule has 74 valence electrons. The molecule has 1 aromatic rings. The molecule has 0 saturated carbocycles. The standard InChI is InChI=1S/C12H14O2/c1-12(2,3)10-8-6-4-5-7-9(8)11(13)14-10/h4-7,10H,1-3H3/p+1. The van der Waals surface area contributed by atoms with Crippen LogP contribution in [0.4, 0.5) is 0 Å². The maximum Gasteiger partial charge on any atom is 0.518 e. The van der Waals surface area contributed by atoms with Gasteiger partial charge >= 0.3 is 5.97 Å². The van der Waals surface area contributed by atoms with Crippen molar-refractivity contribution in [1.29, 1.82) is 0 Å². The molecule has 0 aliphatic carbocycles. The summed E-state index contributed by atoms with van der Waals surface area (Å²) in [5.41, 5.74) is 1.91. The Hall–Kier alpha value is -1.31. The maximum absolute atomic E-state index is 9.61. The number of esters is 1. The van der Waals surface area contributed by atoms with Crippen molar-refractivity contribution in [2.24, 2.45) is 5.41 Å². The maximum atomic E-state index is 9.61. The summed E-state index contributed by atoms with van der Waals surface area (Å²) in [5.74, 6) is 0.0560. The number of benzene rings is 1. The van der Waals surface area contributed by atoms with E-state index in [9.17, 15) is 4.79 Å². The van der Waals surface area contributed by atoms with Crippen molar-refractivity contribution < 1.29 is 9.53 Å². The fourth-order valence-corrected chi connectivity index (χ4v) is 1.80. The fraction of sp³-hybridized carbons (Fsp3) is 0.417. The summed E-state index contributed by atoms with van der Waals surface area (Å²) < 4.78 is 5.47. The number of hydrogen-bond acceptors (Lipinski definition) is 1. The minimum atomic E-state index is -0.0429. The first-order valence-corrected chi connectivity index (χ1v) is 4.82. The first kappa shape index (κ1) is 9.25. The van der Waals surface area contributed by atoms with Gasteiger partial charge in [0.2, 0.25) is 6.10 Å². The molecule has 0 amide bonds. The summed E-state index contributed by atoms with van der Waals surface area (Å²) >= 11 is 0. The average Bonchev–Trinajstić information content (AvgIpc) is 2.44. The quantitative estimate of drug-likeness (QED) is 0.458. The Morgan fingerprint density at radius 1 is 1.21 bits per heavy atom. The second-order valence-electron chi connectivity index (χ2n) is 4.76. The molecular weight excluding hydrogens is 176 g/mol. The molecule has 1 aromatic carbocycles. The number of carbonyl (C=O) groups excluding carboxylic acids is 1. The number of fused-ring (bicyclic) bond motifs is 1. The van der Waals surface area contributed by atoms with Gasteiger partial charge in [-0.1, -0.05) is 39.0 Å². The number of ether oxygens (including phenoxy) is 1. The predicted molar refractivity (Wildman–Crippen MR) is 55.8 cm³/mol. The van der Waals surface area contributed by atoms with Gasteiger partial charge in [0.05, 0.1) is 0 Å². The molecule has 1 unspecified atom stereocenters. The molecule has 1 aliphatic rings. The predicted octanol–water partition coefficient (Wildman–Crippen LogP) is 2.65. The lowest BCUT2D eigenvalue weighted by Gasteiger charge is -2.20. The smallest absolute Gasteiger partial charge is 0.335 e. The van der Waals surface area contributed by atoms with E-state index in [0.717, 1.165) is 11.1 Å². The monoisotopic (exact) mass is 191 g/mol. The van der Waals surface area contributed by atoms with Crippen molar-refractivity contribution in [2.45, 2.75) is 26.9 Å². The van der Waals surface area contributed by atoms with Gasteiger partial charge in [0.1, 0.15) is 5.56 Å². The first-order valence-electron chi connectivity index (χ1n) is 4.82. The summed E-state index contributed by atoms with van der Waals surface area (Å²) in [7, 11) is 0. The van der Waals surface area contributed by atoms with Crippen LogP contribution in [0.25, 0.3) is 0 Å². The minimum Gasteiger partial charge on any atom is -0.335 e. The molecule has 1 aliphatic heterocycles. The summed E-state index contributed by atoms with van der Waals surface area (Å²) in [5, 5.41) is 0. The van der Waals surface area contributed by atoms with Gasteiger partial charge in [0, 0.05) is 11.0 Å². The van der Waals surface area contributed by atoms with Crippen molar-refractivity contribution in [3.63, 3.8) is 0 Å². The second kappa shape index (κ2) is 2.84. The normalized spacial score (nSPS) is 20.5. The van der Waals surface area contributed by atoms with Crippen LogP contribution in [0.3, 0.4) is 0 Å². The lowest BCUT2D eigenvalue weighted by Crippen LogP contribution is -2.18. The molecule has 14 heavy (non-hydrogen) atoms. The van der Waals surface area contributed by atoms with Crippen LogP contribution in [0.15, 0.2) is 24.3 Å². The highest BCUT2D eigenvalue weighted by atomic mass is 16.5. The molecule has 1 heterocycles. The molecule has 1 N–H and O–H groups in total. The second-order valence-corrected chi connectivity index (χ2v) is 4.76. The average molecular weight is 191 g/mol. The van der Waals surface area contributed by atoms with Crippen LogP contribution >= 0.6 is 0 Å². The van der Waals surface area contributed by atoms with E-state index in [-0.39, 0.29) is 17.5 Å². The first-order chi connectivity index (χ1) is 6.50. The molecule has 2 nitrogen and oxygen atoms in total. The molecular formula is C12H15O2+. The van der Waals surface area contributed by atoms with E-state index >= 15 is 0 Å². The van der Waals surface area contributed by atoms with Gasteiger partial charge in [0.25, 0.3) is 0 Å². The Morgan fingerprint density at radius 2 is 1.86 bits per heavy atom. The third-order valence-corrected chi connectivity index (χ3v) is 2.49. The molecule has 0 aromatic heterocycles. The van der Waals surface area contributed by atoms with Crippen molar-refractivity contribution in [2.75, 3.05) is 0 Å². The van der Waals surface area contributed by atoms with E-state index < -0.39 is 0 Å². The number of cyclic esters (lactones) is 1. The molecule has 2 rings (SSSR count). The molecule has 0 saturated heterocycles. The Morgan fingerprint density at radius 3 is 2.50 bits per heavy atom. The largest absolute Gasteiger partial charge is 0.518 e. The Labute approximate surface area is 83.9 Å². The highest BCUT2D eigenvalue weighted by Gasteiger charge is 2.45. The van der Waals surface area contributed by atoms with Gasteiger partial charge in [0.15, 0.2) is 0 Å². The van der Waals surface area contributed by atoms with Crippen molar-refractivity contribution >= 4 is 5.97 Å². The Bertz CT molecular complexity index is 374. The zero-order valence-electron chi connectivity index (χ0n) is 8.74. The number of rotatable bonds is 0. The third kappa shape index (κ3) is 1.31. The number of hydrogen-bond donors (Lipinski definition) is 0. The van der Waals surface area contributed by atoms with Crippen LogP contribution in [0.5, 0.6) is 0 Å². The van der Waals surface area contributed by atoms with Crippen LogP contribution < -0.4 is 0 Å². The van der Waals surface area contributed by atoms with Gasteiger partial charge in [-0.15, -0.1) is 0 Å². The van der Waals surface area contributed by atoms with Crippen molar-refractivity contribution in [3.05, 3.63) is 35.4 Å². The van der Waals surface area contributed by atoms with Crippen LogP contribution in [0, 0.1) is 5.41 Å². The van der Waals surface area contributed by atoms with Crippen molar-refractivity contribution in [1.82, 2.24) is 0 Å². The fourth-order valence-electron chi connectivity index (χ4n) is 1.80. The van der Waals surface area contributed by atoms with Crippen LogP contribution in [-0.2, 0) is 4.74 Å². The van der Waals surface area contributed by atoms with Crippen molar-refractivity contribution in [3.8, 4) is 0 Å². The van der Waals surface area contributed by atoms with Gasteiger partial charge in [-0.2, -0.15) is 0 Å². The zero-order valence-corrected chi connectivity index (χ0v) is 8.74. The van der Waals surface area contributed by atoms with E-state index in [1.165, 1.54) is 0 Å². The van der Waals surface area contributed by atoms with E-state index in [4.69, 9.17) is 4.74 Å². The molecule has 0 spiro atoms. The lowest BCUT2D eigenvalue weighted by molar-refractivity contribution is 0.0795. The van der Waals surface area contributed by atoms with E-state index in [0.29, 0.717) is 0 Å². The van der Waals surface area contributed by atoms with Crippen LogP contribution in [0.2, 0.25) is 0 Å². The summed E-state index contributed by atoms with van der Waals surface area (Å²) in [6.45, 7) is 6.31. The molecule has 1 atom stereocenters. The Balaban J connectivity index is 2.50. The SMILES string of the molecule is CC(C)(C)C1OC(=[OH+])c2ccccc21. The van der Waals surface area contributed by atoms with Crippen LogP contribution in [0.1, 0.15) is 38.0 Å². The topological polar surface area (TPSA) is 30.6 Å². The molecule has 2 heteroatoms. The summed E-state index contributed by atoms with van der Waals surface area (Å²) in [6.07, 6.45) is -0.0429. The molecule has 0 fully saturated rings. The molecule has 0 bridgehead atoms. The zero-order chi connectivity index (χ0) is 10.3. The van der Waals surface area contributed by atoms with E-state index in [1.807, 2.05) is 24.3 Å². The summed E-state index contributed by atoms with van der Waals surface area (Å²) in [6, 6.07) is 7.77. The van der Waals surface area contributed by atoms with Gasteiger partial charge in [-0.25, -0.2) is 0 Å². The Kier molecular flexibility index (Phi) is 1.88. The van der Waals surface area contributed by atoms with Gasteiger partial charge in [-0.3, -0.25) is 0 Å².